The predicted molar refractivity (Wildman–Crippen MR) is 110 cm³/mol. The molecule has 0 saturated heterocycles. The van der Waals surface area contributed by atoms with Crippen LogP contribution in [0.4, 0.5) is 5.69 Å². The molecule has 150 valence electrons. The van der Waals surface area contributed by atoms with Gasteiger partial charge in [-0.25, -0.2) is 8.42 Å². The Bertz CT molecular complexity index is 1160. The number of amides is 1. The first-order valence-corrected chi connectivity index (χ1v) is 11.2. The quantitative estimate of drug-likeness (QED) is 0.681. The summed E-state index contributed by atoms with van der Waals surface area (Å²) in [4.78, 5) is 14.5. The zero-order valence-electron chi connectivity index (χ0n) is 15.6. The van der Waals surface area contributed by atoms with Gasteiger partial charge in [-0.1, -0.05) is 16.8 Å². The van der Waals surface area contributed by atoms with Crippen LogP contribution in [-0.2, 0) is 23.0 Å². The summed E-state index contributed by atoms with van der Waals surface area (Å²) >= 11 is 5.95. The first kappa shape index (κ1) is 19.5. The zero-order chi connectivity index (χ0) is 20.6. The van der Waals surface area contributed by atoms with E-state index in [4.69, 9.17) is 16.1 Å². The minimum atomic E-state index is -3.36. The maximum Gasteiger partial charge on any atom is 0.254 e. The zero-order valence-corrected chi connectivity index (χ0v) is 17.1. The van der Waals surface area contributed by atoms with Crippen molar-refractivity contribution in [1.29, 1.82) is 0 Å². The number of nitrogens with zero attached hydrogens (tertiary/aromatic N) is 2. The Hall–Kier alpha value is -2.84. The van der Waals surface area contributed by atoms with Gasteiger partial charge in [-0.3, -0.25) is 9.52 Å². The van der Waals surface area contributed by atoms with Gasteiger partial charge in [-0.05, 0) is 55.0 Å². The third kappa shape index (κ3) is 4.28. The van der Waals surface area contributed by atoms with Gasteiger partial charge in [0.2, 0.25) is 10.0 Å². The van der Waals surface area contributed by atoms with Crippen LogP contribution in [0.25, 0.3) is 11.3 Å². The summed E-state index contributed by atoms with van der Waals surface area (Å²) in [6.45, 7) is 0.894. The van der Waals surface area contributed by atoms with E-state index in [1.54, 1.807) is 41.3 Å². The number of hydrogen-bond acceptors (Lipinski definition) is 5. The minimum absolute atomic E-state index is 0.141. The number of halogens is 1. The number of anilines is 1. The molecule has 0 fully saturated rings. The maximum atomic E-state index is 12.8. The average Bonchev–Trinajstić information content (AvgIpc) is 3.10. The van der Waals surface area contributed by atoms with E-state index in [2.05, 4.69) is 9.88 Å². The SMILES string of the molecule is CS(=O)(=O)Nc1ccc(C(=O)N2CCc3c(noc3-c3ccc(Cl)cc3)C2)cc1. The van der Waals surface area contributed by atoms with Crippen LogP contribution in [0, 0.1) is 0 Å². The topological polar surface area (TPSA) is 92.5 Å². The van der Waals surface area contributed by atoms with Gasteiger partial charge in [-0.15, -0.1) is 0 Å². The van der Waals surface area contributed by atoms with Gasteiger partial charge in [0, 0.05) is 33.9 Å². The Kier molecular flexibility index (Phi) is 5.06. The van der Waals surface area contributed by atoms with Crippen LogP contribution in [-0.4, -0.2) is 37.2 Å². The van der Waals surface area contributed by atoms with Gasteiger partial charge in [0.15, 0.2) is 5.76 Å². The van der Waals surface area contributed by atoms with Crippen LogP contribution in [0.3, 0.4) is 0 Å². The number of hydrogen-bond donors (Lipinski definition) is 1. The molecular formula is C20H18ClN3O4S. The molecule has 1 aliphatic heterocycles. The summed E-state index contributed by atoms with van der Waals surface area (Å²) in [5.74, 6) is 0.567. The lowest BCUT2D eigenvalue weighted by Gasteiger charge is -2.26. The number of carbonyl (C=O) groups excluding carboxylic acids is 1. The Morgan fingerprint density at radius 3 is 2.48 bits per heavy atom. The average molecular weight is 432 g/mol. The minimum Gasteiger partial charge on any atom is -0.356 e. The fourth-order valence-corrected chi connectivity index (χ4v) is 4.00. The van der Waals surface area contributed by atoms with E-state index in [0.29, 0.717) is 41.5 Å². The van der Waals surface area contributed by atoms with Crippen molar-refractivity contribution in [2.75, 3.05) is 17.5 Å². The molecular weight excluding hydrogens is 414 g/mol. The van der Waals surface area contributed by atoms with Gasteiger partial charge in [0.05, 0.1) is 12.8 Å². The van der Waals surface area contributed by atoms with E-state index in [1.807, 2.05) is 12.1 Å². The molecule has 1 aromatic heterocycles. The molecule has 0 bridgehead atoms. The lowest BCUT2D eigenvalue weighted by atomic mass is 10.00. The van der Waals surface area contributed by atoms with Crippen molar-refractivity contribution >= 4 is 33.2 Å². The standard InChI is InChI=1S/C20H18ClN3O4S/c1-29(26,27)23-16-8-4-14(5-9-16)20(25)24-11-10-17-18(12-24)22-28-19(17)13-2-6-15(21)7-3-13/h2-9,23H,10-12H2,1H3. The highest BCUT2D eigenvalue weighted by Crippen LogP contribution is 2.31. The van der Waals surface area contributed by atoms with Crippen LogP contribution < -0.4 is 4.72 Å². The van der Waals surface area contributed by atoms with Gasteiger partial charge in [-0.2, -0.15) is 0 Å². The Balaban J connectivity index is 1.50. The molecule has 4 rings (SSSR count). The summed E-state index contributed by atoms with van der Waals surface area (Å²) in [5, 5.41) is 4.81. The highest BCUT2D eigenvalue weighted by atomic mass is 35.5. The highest BCUT2D eigenvalue weighted by molar-refractivity contribution is 7.92. The summed E-state index contributed by atoms with van der Waals surface area (Å²) in [6.07, 6.45) is 1.71. The number of carbonyl (C=O) groups is 1. The Labute approximate surface area is 173 Å². The fraction of sp³-hybridized carbons (Fsp3) is 0.200. The summed E-state index contributed by atoms with van der Waals surface area (Å²) in [7, 11) is -3.36. The van der Waals surface area contributed by atoms with Crippen LogP contribution in [0.15, 0.2) is 53.1 Å². The van der Waals surface area contributed by atoms with Crippen LogP contribution >= 0.6 is 11.6 Å². The normalized spacial score (nSPS) is 13.8. The molecule has 0 aliphatic carbocycles. The highest BCUT2D eigenvalue weighted by Gasteiger charge is 2.27. The van der Waals surface area contributed by atoms with Gasteiger partial charge in [0.1, 0.15) is 5.69 Å². The van der Waals surface area contributed by atoms with Gasteiger partial charge in [0.25, 0.3) is 5.91 Å². The summed E-state index contributed by atoms with van der Waals surface area (Å²) < 4.78 is 30.5. The number of fused-ring (bicyclic) bond motifs is 1. The van der Waals surface area contributed by atoms with E-state index < -0.39 is 10.0 Å². The van der Waals surface area contributed by atoms with E-state index in [1.165, 1.54) is 0 Å². The van der Waals surface area contributed by atoms with Crippen molar-refractivity contribution in [2.45, 2.75) is 13.0 Å². The van der Waals surface area contributed by atoms with E-state index in [-0.39, 0.29) is 5.91 Å². The molecule has 0 saturated carbocycles. The van der Waals surface area contributed by atoms with Crippen molar-refractivity contribution in [1.82, 2.24) is 10.1 Å². The van der Waals surface area contributed by atoms with E-state index in [0.717, 1.165) is 23.1 Å². The molecule has 7 nitrogen and oxygen atoms in total. The second-order valence-electron chi connectivity index (χ2n) is 6.87. The van der Waals surface area contributed by atoms with Crippen molar-refractivity contribution < 1.29 is 17.7 Å². The molecule has 1 aliphatic rings. The van der Waals surface area contributed by atoms with Crippen LogP contribution in [0.1, 0.15) is 21.6 Å². The van der Waals surface area contributed by atoms with E-state index in [9.17, 15) is 13.2 Å². The molecule has 0 spiro atoms. The molecule has 2 aromatic carbocycles. The molecule has 0 unspecified atom stereocenters. The van der Waals surface area contributed by atoms with Crippen LogP contribution in [0.2, 0.25) is 5.02 Å². The van der Waals surface area contributed by atoms with Crippen LogP contribution in [0.5, 0.6) is 0 Å². The molecule has 2 heterocycles. The predicted octanol–water partition coefficient (Wildman–Crippen LogP) is 3.57. The Morgan fingerprint density at radius 1 is 1.14 bits per heavy atom. The molecule has 9 heteroatoms. The third-order valence-electron chi connectivity index (χ3n) is 4.67. The molecule has 3 aromatic rings. The molecule has 1 N–H and O–H groups in total. The monoisotopic (exact) mass is 431 g/mol. The third-order valence-corrected chi connectivity index (χ3v) is 5.53. The van der Waals surface area contributed by atoms with Gasteiger partial charge >= 0.3 is 0 Å². The lowest BCUT2D eigenvalue weighted by Crippen LogP contribution is -2.35. The molecule has 1 amide bonds. The van der Waals surface area contributed by atoms with Crippen molar-refractivity contribution in [3.05, 3.63) is 70.4 Å². The number of rotatable bonds is 4. The van der Waals surface area contributed by atoms with E-state index >= 15 is 0 Å². The second kappa shape index (κ2) is 7.53. The smallest absolute Gasteiger partial charge is 0.254 e. The number of nitrogens with one attached hydrogen (secondary N) is 1. The number of sulfonamides is 1. The molecule has 0 radical (unpaired) electrons. The largest absolute Gasteiger partial charge is 0.356 e. The van der Waals surface area contributed by atoms with Crippen molar-refractivity contribution in [3.8, 4) is 11.3 Å². The second-order valence-corrected chi connectivity index (χ2v) is 9.06. The molecule has 29 heavy (non-hydrogen) atoms. The van der Waals surface area contributed by atoms with Crippen molar-refractivity contribution in [3.63, 3.8) is 0 Å². The lowest BCUT2D eigenvalue weighted by molar-refractivity contribution is 0.0731. The summed E-state index contributed by atoms with van der Waals surface area (Å²) in [5.41, 5.74) is 3.54. The van der Waals surface area contributed by atoms with Gasteiger partial charge < -0.3 is 9.42 Å². The number of aromatic nitrogens is 1. The molecule has 0 atom stereocenters. The first-order chi connectivity index (χ1) is 13.8. The van der Waals surface area contributed by atoms with Crippen molar-refractivity contribution in [2.24, 2.45) is 0 Å². The maximum absolute atomic E-state index is 12.8. The number of benzene rings is 2. The first-order valence-electron chi connectivity index (χ1n) is 8.91. The Morgan fingerprint density at radius 2 is 1.83 bits per heavy atom. The fourth-order valence-electron chi connectivity index (χ4n) is 3.31. The summed E-state index contributed by atoms with van der Waals surface area (Å²) in [6, 6.07) is 13.7.